The Bertz CT molecular complexity index is 482. The molecule has 0 saturated carbocycles. The van der Waals surface area contributed by atoms with Crippen molar-refractivity contribution < 1.29 is 14.3 Å². The van der Waals surface area contributed by atoms with Gasteiger partial charge in [0.2, 0.25) is 5.91 Å². The van der Waals surface area contributed by atoms with Crippen LogP contribution < -0.4 is 0 Å². The molecule has 0 N–H and O–H groups in total. The molecule has 0 heterocycles. The average Bonchev–Trinajstić information content (AvgIpc) is 2.47. The molecule has 0 atom stereocenters. The van der Waals surface area contributed by atoms with Crippen molar-refractivity contribution in [3.63, 3.8) is 0 Å². The first-order valence-electron chi connectivity index (χ1n) is 6.36. The second kappa shape index (κ2) is 8.53. The molecule has 0 radical (unpaired) electrons. The quantitative estimate of drug-likeness (QED) is 0.591. The number of carbonyl (C=O) groups is 2. The van der Waals surface area contributed by atoms with Gasteiger partial charge in [-0.05, 0) is 30.7 Å². The molecule has 0 saturated heterocycles. The molecule has 0 aromatic heterocycles. The smallest absolute Gasteiger partial charge is 0.307 e. The number of benzene rings is 1. The number of methoxy groups -OCH3 is 1. The summed E-state index contributed by atoms with van der Waals surface area (Å²) in [4.78, 5) is 24.7. The van der Waals surface area contributed by atoms with Gasteiger partial charge in [0.15, 0.2) is 0 Å². The Morgan fingerprint density at radius 2 is 1.95 bits per heavy atom. The van der Waals surface area contributed by atoms with Crippen LogP contribution in [-0.4, -0.2) is 37.0 Å². The molecule has 0 fully saturated rings. The third-order valence-electron chi connectivity index (χ3n) is 2.80. The zero-order valence-corrected chi connectivity index (χ0v) is 13.2. The number of likely N-dealkylation sites (N-methyl/N-ethyl adjacent to an activating group) is 1. The number of ether oxygens (including phenoxy) is 1. The second-order valence-electron chi connectivity index (χ2n) is 4.13. The second-order valence-corrected chi connectivity index (χ2v) is 5.04. The van der Waals surface area contributed by atoms with Gasteiger partial charge in [0.05, 0.1) is 13.5 Å². The molecule has 0 unspecified atom stereocenters. The van der Waals surface area contributed by atoms with Crippen LogP contribution in [0, 0.1) is 0 Å². The summed E-state index contributed by atoms with van der Waals surface area (Å²) < 4.78 is 5.56. The summed E-state index contributed by atoms with van der Waals surface area (Å²) in [6.07, 6.45) is 3.49. The van der Waals surface area contributed by atoms with E-state index in [1.54, 1.807) is 11.0 Å². The molecule has 5 heteroatoms. The normalized spacial score (nSPS) is 10.6. The van der Waals surface area contributed by atoms with Crippen LogP contribution in [0.25, 0.3) is 6.08 Å². The molecule has 1 amide bonds. The van der Waals surface area contributed by atoms with E-state index >= 15 is 0 Å². The van der Waals surface area contributed by atoms with E-state index < -0.39 is 0 Å². The van der Waals surface area contributed by atoms with Gasteiger partial charge in [-0.1, -0.05) is 28.1 Å². The van der Waals surface area contributed by atoms with Crippen molar-refractivity contribution in [3.8, 4) is 0 Å². The standard InChI is InChI=1S/C15H18BrNO3/c1-3-17(11-10-15(19)20-2)14(18)9-6-12-4-7-13(16)8-5-12/h4-9H,3,10-11H2,1-2H3/b9-6+. The van der Waals surface area contributed by atoms with Crippen LogP contribution in [0.4, 0.5) is 0 Å². The van der Waals surface area contributed by atoms with Crippen molar-refractivity contribution in [2.24, 2.45) is 0 Å². The molecule has 0 aliphatic heterocycles. The van der Waals surface area contributed by atoms with Crippen LogP contribution in [0.3, 0.4) is 0 Å². The van der Waals surface area contributed by atoms with Gasteiger partial charge < -0.3 is 9.64 Å². The number of hydrogen-bond acceptors (Lipinski definition) is 3. The molecular weight excluding hydrogens is 322 g/mol. The van der Waals surface area contributed by atoms with Gasteiger partial charge in [0, 0.05) is 23.6 Å². The third kappa shape index (κ3) is 5.57. The van der Waals surface area contributed by atoms with Crippen molar-refractivity contribution in [3.05, 3.63) is 40.4 Å². The monoisotopic (exact) mass is 339 g/mol. The first kappa shape index (κ1) is 16.4. The molecule has 1 rings (SSSR count). The van der Waals surface area contributed by atoms with Crippen LogP contribution in [0.15, 0.2) is 34.8 Å². The molecule has 4 nitrogen and oxygen atoms in total. The van der Waals surface area contributed by atoms with E-state index in [9.17, 15) is 9.59 Å². The molecule has 0 aliphatic carbocycles. The van der Waals surface area contributed by atoms with Gasteiger partial charge in [-0.3, -0.25) is 9.59 Å². The first-order valence-corrected chi connectivity index (χ1v) is 7.15. The topological polar surface area (TPSA) is 46.6 Å². The Balaban J connectivity index is 2.58. The number of nitrogens with zero attached hydrogens (tertiary/aromatic N) is 1. The summed E-state index contributed by atoms with van der Waals surface area (Å²) in [5.74, 6) is -0.424. The summed E-state index contributed by atoms with van der Waals surface area (Å²) in [7, 11) is 1.34. The number of carbonyl (C=O) groups excluding carboxylic acids is 2. The Morgan fingerprint density at radius 3 is 2.50 bits per heavy atom. The van der Waals surface area contributed by atoms with Gasteiger partial charge >= 0.3 is 5.97 Å². The van der Waals surface area contributed by atoms with Crippen molar-refractivity contribution >= 4 is 33.9 Å². The lowest BCUT2D eigenvalue weighted by molar-refractivity contribution is -0.141. The highest BCUT2D eigenvalue weighted by atomic mass is 79.9. The Hall–Kier alpha value is -1.62. The maximum Gasteiger partial charge on any atom is 0.307 e. The zero-order valence-electron chi connectivity index (χ0n) is 11.6. The minimum absolute atomic E-state index is 0.112. The molecular formula is C15H18BrNO3. The fourth-order valence-corrected chi connectivity index (χ4v) is 1.86. The van der Waals surface area contributed by atoms with E-state index in [1.165, 1.54) is 13.2 Å². The Morgan fingerprint density at radius 1 is 1.30 bits per heavy atom. The maximum atomic E-state index is 12.0. The van der Waals surface area contributed by atoms with E-state index in [4.69, 9.17) is 0 Å². The molecule has 20 heavy (non-hydrogen) atoms. The van der Waals surface area contributed by atoms with E-state index in [0.717, 1.165) is 10.0 Å². The predicted octanol–water partition coefficient (Wildman–Crippen LogP) is 2.87. The fraction of sp³-hybridized carbons (Fsp3) is 0.333. The SMILES string of the molecule is CCN(CCC(=O)OC)C(=O)/C=C/c1ccc(Br)cc1. The van der Waals surface area contributed by atoms with Crippen molar-refractivity contribution in [2.45, 2.75) is 13.3 Å². The highest BCUT2D eigenvalue weighted by Gasteiger charge is 2.10. The summed E-state index contributed by atoms with van der Waals surface area (Å²) in [6, 6.07) is 7.66. The minimum Gasteiger partial charge on any atom is -0.469 e. The number of amides is 1. The molecule has 1 aromatic rings. The molecule has 0 spiro atoms. The van der Waals surface area contributed by atoms with Gasteiger partial charge in [0.1, 0.15) is 0 Å². The van der Waals surface area contributed by atoms with Gasteiger partial charge in [-0.15, -0.1) is 0 Å². The number of rotatable bonds is 6. The van der Waals surface area contributed by atoms with Gasteiger partial charge in [-0.25, -0.2) is 0 Å². The lowest BCUT2D eigenvalue weighted by Crippen LogP contribution is -2.31. The number of halogens is 1. The average molecular weight is 340 g/mol. The molecule has 108 valence electrons. The highest BCUT2D eigenvalue weighted by Crippen LogP contribution is 2.11. The van der Waals surface area contributed by atoms with Gasteiger partial charge in [0.25, 0.3) is 0 Å². The lowest BCUT2D eigenvalue weighted by Gasteiger charge is -2.18. The van der Waals surface area contributed by atoms with E-state index in [1.807, 2.05) is 31.2 Å². The van der Waals surface area contributed by atoms with Crippen molar-refractivity contribution in [1.29, 1.82) is 0 Å². The molecule has 0 bridgehead atoms. The zero-order chi connectivity index (χ0) is 15.0. The number of hydrogen-bond donors (Lipinski definition) is 0. The number of esters is 1. The van der Waals surface area contributed by atoms with E-state index in [-0.39, 0.29) is 18.3 Å². The van der Waals surface area contributed by atoms with Crippen LogP contribution in [0.5, 0.6) is 0 Å². The van der Waals surface area contributed by atoms with Gasteiger partial charge in [-0.2, -0.15) is 0 Å². The van der Waals surface area contributed by atoms with Crippen molar-refractivity contribution in [2.75, 3.05) is 20.2 Å². The maximum absolute atomic E-state index is 12.0. The van der Waals surface area contributed by atoms with Crippen LogP contribution in [0.2, 0.25) is 0 Å². The van der Waals surface area contributed by atoms with Crippen LogP contribution in [-0.2, 0) is 14.3 Å². The minimum atomic E-state index is -0.312. The summed E-state index contributed by atoms with van der Waals surface area (Å²) in [6.45, 7) is 2.80. The Kier molecular flexibility index (Phi) is 7.01. The molecule has 0 aliphatic rings. The predicted molar refractivity (Wildman–Crippen MR) is 82.1 cm³/mol. The Labute approximate surface area is 127 Å². The van der Waals surface area contributed by atoms with E-state index in [2.05, 4.69) is 20.7 Å². The molecule has 1 aromatic carbocycles. The fourth-order valence-electron chi connectivity index (χ4n) is 1.60. The van der Waals surface area contributed by atoms with Crippen LogP contribution >= 0.6 is 15.9 Å². The first-order chi connectivity index (χ1) is 9.56. The van der Waals surface area contributed by atoms with E-state index in [0.29, 0.717) is 13.1 Å². The third-order valence-corrected chi connectivity index (χ3v) is 3.32. The van der Waals surface area contributed by atoms with Crippen LogP contribution in [0.1, 0.15) is 18.9 Å². The summed E-state index contributed by atoms with van der Waals surface area (Å²) >= 11 is 3.36. The lowest BCUT2D eigenvalue weighted by atomic mass is 10.2. The summed E-state index contributed by atoms with van der Waals surface area (Å²) in [5, 5.41) is 0. The largest absolute Gasteiger partial charge is 0.469 e. The highest BCUT2D eigenvalue weighted by molar-refractivity contribution is 9.10. The summed E-state index contributed by atoms with van der Waals surface area (Å²) in [5.41, 5.74) is 0.950. The van der Waals surface area contributed by atoms with Crippen molar-refractivity contribution in [1.82, 2.24) is 4.90 Å².